The molecule has 0 amide bonds. The molecule has 0 heterocycles. The van der Waals surface area contributed by atoms with Gasteiger partial charge in [0.15, 0.2) is 11.6 Å². The number of ether oxygens (including phenoxy) is 1. The van der Waals surface area contributed by atoms with Gasteiger partial charge in [-0.3, -0.25) is 19.7 Å². The molecule has 6 nitrogen and oxygen atoms in total. The normalized spacial score (nSPS) is 14.3. The van der Waals surface area contributed by atoms with Gasteiger partial charge in [0.2, 0.25) is 0 Å². The van der Waals surface area contributed by atoms with Crippen LogP contribution in [0.5, 0.6) is 5.75 Å². The topological polar surface area (TPSA) is 86.5 Å². The third-order valence-electron chi connectivity index (χ3n) is 2.64. The summed E-state index contributed by atoms with van der Waals surface area (Å²) in [6.45, 7) is 0. The molecule has 6 heteroatoms. The van der Waals surface area contributed by atoms with Crippen molar-refractivity contribution in [1.29, 1.82) is 0 Å². The van der Waals surface area contributed by atoms with Gasteiger partial charge in [0.25, 0.3) is 5.69 Å². The van der Waals surface area contributed by atoms with Crippen LogP contribution in [0.25, 0.3) is 5.57 Å². The van der Waals surface area contributed by atoms with Crippen molar-refractivity contribution in [2.24, 2.45) is 0 Å². The van der Waals surface area contributed by atoms with Gasteiger partial charge in [-0.15, -0.1) is 0 Å². The van der Waals surface area contributed by atoms with E-state index >= 15 is 0 Å². The number of nitro benzene ring substituents is 1. The molecule has 0 fully saturated rings. The van der Waals surface area contributed by atoms with Crippen LogP contribution in [0.3, 0.4) is 0 Å². The molecule has 1 aromatic rings. The maximum absolute atomic E-state index is 11.7. The Bertz CT molecular complexity index is 642. The fourth-order valence-corrected chi connectivity index (χ4v) is 1.74. The highest BCUT2D eigenvalue weighted by atomic mass is 16.6. The van der Waals surface area contributed by atoms with Gasteiger partial charge in [0, 0.05) is 5.57 Å². The average molecular weight is 259 g/mol. The molecule has 0 bridgehead atoms. The molecule has 0 saturated heterocycles. The highest BCUT2D eigenvalue weighted by molar-refractivity contribution is 6.34. The fourth-order valence-electron chi connectivity index (χ4n) is 1.74. The van der Waals surface area contributed by atoms with E-state index in [1.165, 1.54) is 25.3 Å². The number of nitro groups is 1. The Morgan fingerprint density at radius 1 is 1.21 bits per heavy atom. The maximum atomic E-state index is 11.7. The molecule has 0 radical (unpaired) electrons. The number of methoxy groups -OCH3 is 1. The Kier molecular flexibility index (Phi) is 3.24. The summed E-state index contributed by atoms with van der Waals surface area (Å²) in [5.74, 6) is -0.506. The molecule has 2 rings (SSSR count). The lowest BCUT2D eigenvalue weighted by molar-refractivity contribution is -0.385. The van der Waals surface area contributed by atoms with Crippen LogP contribution in [0.4, 0.5) is 5.69 Å². The number of hydrogen-bond acceptors (Lipinski definition) is 5. The van der Waals surface area contributed by atoms with Crippen LogP contribution in [0, 0.1) is 10.1 Å². The monoisotopic (exact) mass is 259 g/mol. The molecule has 1 aromatic carbocycles. The van der Waals surface area contributed by atoms with Crippen molar-refractivity contribution in [3.8, 4) is 5.75 Å². The van der Waals surface area contributed by atoms with E-state index in [0.717, 1.165) is 18.2 Å². The second-order valence-electron chi connectivity index (χ2n) is 3.80. The fraction of sp³-hybridized carbons (Fsp3) is 0.0769. The summed E-state index contributed by atoms with van der Waals surface area (Å²) in [6.07, 6.45) is 3.32. The lowest BCUT2D eigenvalue weighted by Crippen LogP contribution is -2.08. The van der Waals surface area contributed by atoms with Crippen LogP contribution in [-0.2, 0) is 9.59 Å². The van der Waals surface area contributed by atoms with E-state index in [4.69, 9.17) is 4.74 Å². The first kappa shape index (κ1) is 12.7. The molecule has 0 unspecified atom stereocenters. The predicted molar refractivity (Wildman–Crippen MR) is 66.8 cm³/mol. The van der Waals surface area contributed by atoms with E-state index in [1.54, 1.807) is 0 Å². The van der Waals surface area contributed by atoms with Gasteiger partial charge in [-0.05, 0) is 30.4 Å². The summed E-state index contributed by atoms with van der Waals surface area (Å²) in [4.78, 5) is 33.4. The zero-order valence-electron chi connectivity index (χ0n) is 9.95. The van der Waals surface area contributed by atoms with E-state index in [1.807, 2.05) is 0 Å². The quantitative estimate of drug-likeness (QED) is 0.468. The molecule has 19 heavy (non-hydrogen) atoms. The first-order valence-corrected chi connectivity index (χ1v) is 5.34. The minimum absolute atomic E-state index is 0.0156. The molecular weight excluding hydrogens is 250 g/mol. The Hall–Kier alpha value is -2.76. The number of rotatable bonds is 3. The van der Waals surface area contributed by atoms with Crippen molar-refractivity contribution < 1.29 is 19.2 Å². The zero-order valence-corrected chi connectivity index (χ0v) is 9.95. The smallest absolute Gasteiger partial charge is 0.281 e. The number of carbonyl (C=O) groups is 2. The highest BCUT2D eigenvalue weighted by Crippen LogP contribution is 2.31. The van der Waals surface area contributed by atoms with Crippen molar-refractivity contribution in [3.05, 3.63) is 52.1 Å². The summed E-state index contributed by atoms with van der Waals surface area (Å²) in [5, 5.41) is 11.0. The Labute approximate surface area is 108 Å². The van der Waals surface area contributed by atoms with E-state index in [0.29, 0.717) is 5.75 Å². The van der Waals surface area contributed by atoms with Gasteiger partial charge in [-0.1, -0.05) is 0 Å². The number of ketones is 2. The molecule has 0 N–H and O–H groups in total. The lowest BCUT2D eigenvalue weighted by atomic mass is 9.95. The van der Waals surface area contributed by atoms with Gasteiger partial charge < -0.3 is 4.74 Å². The molecule has 0 saturated carbocycles. The highest BCUT2D eigenvalue weighted by Gasteiger charge is 2.24. The Morgan fingerprint density at radius 2 is 1.95 bits per heavy atom. The number of nitrogens with zero attached hydrogens (tertiary/aromatic N) is 1. The number of carbonyl (C=O) groups excluding carboxylic acids is 2. The molecule has 0 aromatic heterocycles. The summed E-state index contributed by atoms with van der Waals surface area (Å²) in [5.41, 5.74) is -0.155. The van der Waals surface area contributed by atoms with Crippen molar-refractivity contribution in [1.82, 2.24) is 0 Å². The number of benzene rings is 1. The van der Waals surface area contributed by atoms with Gasteiger partial charge in [0.1, 0.15) is 5.75 Å². The summed E-state index contributed by atoms with van der Waals surface area (Å²) < 4.78 is 4.91. The lowest BCUT2D eigenvalue weighted by Gasteiger charge is -2.09. The summed E-state index contributed by atoms with van der Waals surface area (Å²) in [7, 11) is 1.38. The van der Waals surface area contributed by atoms with Gasteiger partial charge in [0.05, 0.1) is 23.7 Å². The van der Waals surface area contributed by atoms with Crippen LogP contribution >= 0.6 is 0 Å². The van der Waals surface area contributed by atoms with E-state index in [2.05, 4.69) is 0 Å². The minimum atomic E-state index is -0.616. The first-order chi connectivity index (χ1) is 9.02. The van der Waals surface area contributed by atoms with Crippen LogP contribution in [-0.4, -0.2) is 23.6 Å². The second kappa shape index (κ2) is 4.85. The molecule has 0 spiro atoms. The largest absolute Gasteiger partial charge is 0.497 e. The zero-order chi connectivity index (χ0) is 14.0. The van der Waals surface area contributed by atoms with Crippen molar-refractivity contribution in [2.75, 3.05) is 7.11 Å². The molecule has 1 aliphatic carbocycles. The number of allylic oxidation sites excluding steroid dienone is 4. The van der Waals surface area contributed by atoms with E-state index in [-0.39, 0.29) is 22.6 Å². The summed E-state index contributed by atoms with van der Waals surface area (Å²) in [6, 6.07) is 4.11. The van der Waals surface area contributed by atoms with Crippen molar-refractivity contribution in [2.45, 2.75) is 0 Å². The first-order valence-electron chi connectivity index (χ1n) is 5.34. The average Bonchev–Trinajstić information content (AvgIpc) is 2.40. The maximum Gasteiger partial charge on any atom is 0.281 e. The van der Waals surface area contributed by atoms with Crippen LogP contribution in [0.1, 0.15) is 5.56 Å². The summed E-state index contributed by atoms with van der Waals surface area (Å²) >= 11 is 0. The molecule has 0 atom stereocenters. The Balaban J connectivity index is 2.59. The van der Waals surface area contributed by atoms with Gasteiger partial charge in [-0.2, -0.15) is 0 Å². The molecular formula is C13H9NO5. The number of hydrogen-bond donors (Lipinski definition) is 0. The molecule has 0 aliphatic heterocycles. The Morgan fingerprint density at radius 3 is 2.58 bits per heavy atom. The van der Waals surface area contributed by atoms with E-state index < -0.39 is 10.7 Å². The molecule has 96 valence electrons. The van der Waals surface area contributed by atoms with Crippen molar-refractivity contribution >= 4 is 22.8 Å². The molecule has 1 aliphatic rings. The standard InChI is InChI=1S/C13H9NO5/c1-19-9-3-4-10(12(7-9)14(17)18)11-6-8(15)2-5-13(11)16/h2-7H,1H3. The SMILES string of the molecule is COc1ccc(C2=CC(=O)C=CC2=O)c([N+](=O)[O-])c1. The van der Waals surface area contributed by atoms with Crippen LogP contribution in [0.2, 0.25) is 0 Å². The van der Waals surface area contributed by atoms with Crippen LogP contribution in [0.15, 0.2) is 36.4 Å². The van der Waals surface area contributed by atoms with Crippen LogP contribution < -0.4 is 4.74 Å². The van der Waals surface area contributed by atoms with E-state index in [9.17, 15) is 19.7 Å². The third-order valence-corrected chi connectivity index (χ3v) is 2.64. The predicted octanol–water partition coefficient (Wildman–Crippen LogP) is 1.69. The van der Waals surface area contributed by atoms with Gasteiger partial charge in [-0.25, -0.2) is 0 Å². The van der Waals surface area contributed by atoms with Crippen molar-refractivity contribution in [3.63, 3.8) is 0 Å². The van der Waals surface area contributed by atoms with Gasteiger partial charge >= 0.3 is 0 Å². The third kappa shape index (κ3) is 2.42. The minimum Gasteiger partial charge on any atom is -0.497 e. The second-order valence-corrected chi connectivity index (χ2v) is 3.80.